The van der Waals surface area contributed by atoms with Crippen molar-refractivity contribution >= 4 is 32.7 Å². The Balaban J connectivity index is 3.29. The molecule has 0 heterocycles. The molecule has 1 nitrogen and oxygen atoms in total. The van der Waals surface area contributed by atoms with Gasteiger partial charge in [-0.05, 0) is 25.5 Å². The average molecular weight is 240 g/mol. The van der Waals surface area contributed by atoms with Crippen molar-refractivity contribution in [2.75, 3.05) is 18.0 Å². The Labute approximate surface area is 100 Å². The summed E-state index contributed by atoms with van der Waals surface area (Å²) in [6.07, 6.45) is 0. The Bertz CT molecular complexity index is 359. The third kappa shape index (κ3) is 2.64. The molecule has 0 radical (unpaired) electrons. The Morgan fingerprint density at radius 2 is 2.00 bits per heavy atom. The van der Waals surface area contributed by atoms with Crippen molar-refractivity contribution in [2.24, 2.45) is 0 Å². The molecule has 0 amide bonds. The van der Waals surface area contributed by atoms with Gasteiger partial charge in [-0.25, -0.2) is 0 Å². The Hall–Kier alpha value is -0.733. The van der Waals surface area contributed by atoms with E-state index in [0.717, 1.165) is 34.0 Å². The molecule has 0 saturated heterocycles. The van der Waals surface area contributed by atoms with E-state index in [1.54, 1.807) is 0 Å². The van der Waals surface area contributed by atoms with Crippen LogP contribution in [0.2, 0.25) is 5.02 Å². The maximum atomic E-state index is 6.26. The number of hydrogen-bond acceptors (Lipinski definition) is 1. The highest BCUT2D eigenvalue weighted by molar-refractivity contribution is 6.43. The third-order valence-corrected chi connectivity index (χ3v) is 3.37. The molecule has 1 aromatic rings. The molecule has 0 aliphatic heterocycles. The minimum Gasteiger partial charge on any atom is -0.370 e. The van der Waals surface area contributed by atoms with Gasteiger partial charge in [0.05, 0.1) is 10.7 Å². The smallest absolute Gasteiger partial charge is 0.0645 e. The van der Waals surface area contributed by atoms with E-state index in [9.17, 15) is 0 Å². The number of nitrogens with zero attached hydrogens (tertiary/aromatic N) is 1. The summed E-state index contributed by atoms with van der Waals surface area (Å²) in [6, 6.07) is 6.05. The van der Waals surface area contributed by atoms with Crippen LogP contribution in [0.3, 0.4) is 0 Å². The highest BCUT2D eigenvalue weighted by Gasteiger charge is 2.12. The van der Waals surface area contributed by atoms with Gasteiger partial charge in [-0.2, -0.15) is 0 Å². The number of hydrogen-bond donors (Lipinski definition) is 0. The Morgan fingerprint density at radius 1 is 1.40 bits per heavy atom. The van der Waals surface area contributed by atoms with Gasteiger partial charge < -0.3 is 4.90 Å². The molecule has 1 aromatic carbocycles. The fourth-order valence-corrected chi connectivity index (χ4v) is 2.42. The molecule has 0 saturated carbocycles. The second-order valence-corrected chi connectivity index (χ2v) is 5.20. The van der Waals surface area contributed by atoms with Gasteiger partial charge in [0.2, 0.25) is 0 Å². The molecule has 0 atom stereocenters. The first kappa shape index (κ1) is 12.3. The molecule has 0 aliphatic carbocycles. The lowest BCUT2D eigenvalue weighted by atomic mass is 10.1. The summed E-state index contributed by atoms with van der Waals surface area (Å²) >= 11 is 6.26. The lowest BCUT2D eigenvalue weighted by molar-refractivity contribution is 0.865. The predicted octanol–water partition coefficient (Wildman–Crippen LogP) is 2.52. The molecule has 0 bridgehead atoms. The normalized spacial score (nSPS) is 10.3. The van der Waals surface area contributed by atoms with E-state index in [1.807, 2.05) is 12.1 Å². The standard InChI is InChI=1S/C12H18ClNSi/c1-4-14(5-2)12-10(9(3)15)7-6-8-11(12)13/h6-8H,3-5H2,1-2,15H3. The summed E-state index contributed by atoms with van der Waals surface area (Å²) in [6.45, 7) is 10.3. The van der Waals surface area contributed by atoms with Crippen LogP contribution in [0, 0.1) is 0 Å². The van der Waals surface area contributed by atoms with Gasteiger partial charge in [-0.1, -0.05) is 28.9 Å². The quantitative estimate of drug-likeness (QED) is 0.730. The minimum absolute atomic E-state index is 0.827. The van der Waals surface area contributed by atoms with Crippen LogP contribution >= 0.6 is 11.6 Å². The number of benzene rings is 1. The first-order valence-corrected chi connectivity index (χ1v) is 6.68. The van der Waals surface area contributed by atoms with Crippen molar-refractivity contribution in [3.8, 4) is 0 Å². The van der Waals surface area contributed by atoms with Gasteiger partial charge in [-0.15, -0.1) is 6.58 Å². The second kappa shape index (κ2) is 5.38. The molecule has 0 spiro atoms. The first-order chi connectivity index (χ1) is 7.11. The van der Waals surface area contributed by atoms with E-state index >= 15 is 0 Å². The van der Waals surface area contributed by atoms with Crippen molar-refractivity contribution in [2.45, 2.75) is 13.8 Å². The maximum Gasteiger partial charge on any atom is 0.0645 e. The fraction of sp³-hybridized carbons (Fsp3) is 0.333. The van der Waals surface area contributed by atoms with Gasteiger partial charge in [0.15, 0.2) is 0 Å². The van der Waals surface area contributed by atoms with Gasteiger partial charge in [0, 0.05) is 23.3 Å². The van der Waals surface area contributed by atoms with Gasteiger partial charge in [0.1, 0.15) is 0 Å². The zero-order valence-corrected chi connectivity index (χ0v) is 12.4. The van der Waals surface area contributed by atoms with Gasteiger partial charge in [0.25, 0.3) is 0 Å². The van der Waals surface area contributed by atoms with Crippen LogP contribution in [-0.2, 0) is 0 Å². The van der Waals surface area contributed by atoms with Crippen LogP contribution in [0.15, 0.2) is 24.8 Å². The summed E-state index contributed by atoms with van der Waals surface area (Å²) in [5.41, 5.74) is 2.35. The van der Waals surface area contributed by atoms with Gasteiger partial charge in [-0.3, -0.25) is 0 Å². The van der Waals surface area contributed by atoms with Crippen molar-refractivity contribution < 1.29 is 0 Å². The van der Waals surface area contributed by atoms with Crippen molar-refractivity contribution in [3.63, 3.8) is 0 Å². The minimum atomic E-state index is 0.827. The molecule has 0 N–H and O–H groups in total. The molecule has 0 unspecified atom stereocenters. The van der Waals surface area contributed by atoms with E-state index in [-0.39, 0.29) is 0 Å². The molecular weight excluding hydrogens is 222 g/mol. The van der Waals surface area contributed by atoms with Crippen molar-refractivity contribution in [1.29, 1.82) is 0 Å². The molecule has 0 aliphatic rings. The summed E-state index contributed by atoms with van der Waals surface area (Å²) in [7, 11) is 0.974. The summed E-state index contributed by atoms with van der Waals surface area (Å²) < 4.78 is 0. The number of para-hydroxylation sites is 1. The van der Waals surface area contributed by atoms with Crippen LogP contribution in [0.1, 0.15) is 19.4 Å². The fourth-order valence-electron chi connectivity index (χ4n) is 1.72. The summed E-state index contributed by atoms with van der Waals surface area (Å²) in [4.78, 5) is 2.28. The molecule has 0 fully saturated rings. The Kier molecular flexibility index (Phi) is 4.42. The van der Waals surface area contributed by atoms with Gasteiger partial charge >= 0.3 is 0 Å². The highest BCUT2D eigenvalue weighted by atomic mass is 35.5. The van der Waals surface area contributed by atoms with Crippen LogP contribution in [0.5, 0.6) is 0 Å². The van der Waals surface area contributed by atoms with Crippen LogP contribution < -0.4 is 4.90 Å². The van der Waals surface area contributed by atoms with Crippen LogP contribution in [0.4, 0.5) is 5.69 Å². The van der Waals surface area contributed by atoms with Crippen molar-refractivity contribution in [3.05, 3.63) is 35.4 Å². The first-order valence-electron chi connectivity index (χ1n) is 5.31. The maximum absolute atomic E-state index is 6.26. The second-order valence-electron chi connectivity index (χ2n) is 3.59. The monoisotopic (exact) mass is 239 g/mol. The van der Waals surface area contributed by atoms with Crippen LogP contribution in [0.25, 0.3) is 5.20 Å². The summed E-state index contributed by atoms with van der Waals surface area (Å²) in [5, 5.41) is 2.02. The molecule has 0 aromatic heterocycles. The predicted molar refractivity (Wildman–Crippen MR) is 74.0 cm³/mol. The van der Waals surface area contributed by atoms with E-state index in [2.05, 4.69) is 31.4 Å². The van der Waals surface area contributed by atoms with E-state index in [0.29, 0.717) is 0 Å². The lowest BCUT2D eigenvalue weighted by Crippen LogP contribution is -2.23. The third-order valence-electron chi connectivity index (χ3n) is 2.53. The number of anilines is 1. The Morgan fingerprint density at radius 3 is 2.47 bits per heavy atom. The van der Waals surface area contributed by atoms with E-state index < -0.39 is 0 Å². The highest BCUT2D eigenvalue weighted by Crippen LogP contribution is 2.32. The molecule has 1 rings (SSSR count). The lowest BCUT2D eigenvalue weighted by Gasteiger charge is -2.25. The van der Waals surface area contributed by atoms with Crippen LogP contribution in [-0.4, -0.2) is 23.3 Å². The topological polar surface area (TPSA) is 3.24 Å². The molecule has 82 valence electrons. The average Bonchev–Trinajstić information content (AvgIpc) is 2.21. The van der Waals surface area contributed by atoms with Crippen molar-refractivity contribution in [1.82, 2.24) is 0 Å². The molecule has 3 heteroatoms. The number of halogens is 1. The van der Waals surface area contributed by atoms with E-state index in [4.69, 9.17) is 11.6 Å². The zero-order chi connectivity index (χ0) is 11.4. The SMILES string of the molecule is C=C([SiH3])c1cccc(Cl)c1N(CC)CC. The number of rotatable bonds is 4. The molecule has 15 heavy (non-hydrogen) atoms. The zero-order valence-electron chi connectivity index (χ0n) is 9.68. The van der Waals surface area contributed by atoms with E-state index in [1.165, 1.54) is 10.8 Å². The largest absolute Gasteiger partial charge is 0.370 e. The summed E-state index contributed by atoms with van der Waals surface area (Å²) in [5.74, 6) is 0. The molecular formula is C12H18ClNSi.